The van der Waals surface area contributed by atoms with E-state index in [-0.39, 0.29) is 11.2 Å². The number of rotatable bonds is 7. The summed E-state index contributed by atoms with van der Waals surface area (Å²) in [5.74, 6) is 0.552. The van der Waals surface area contributed by atoms with E-state index in [2.05, 4.69) is 13.2 Å². The fourth-order valence-electron chi connectivity index (χ4n) is 2.96. The fourth-order valence-corrected chi connectivity index (χ4v) is 2.96. The maximum Gasteiger partial charge on any atom is 0.118 e. The van der Waals surface area contributed by atoms with Gasteiger partial charge in [-0.15, -0.1) is 13.2 Å². The molecular formula is C20H22O2. The molecule has 0 spiro atoms. The highest BCUT2D eigenvalue weighted by atomic mass is 16.3. The molecule has 2 aromatic rings. The smallest absolute Gasteiger partial charge is 0.118 e. The van der Waals surface area contributed by atoms with Crippen LogP contribution in [-0.2, 0) is 11.8 Å². The van der Waals surface area contributed by atoms with Crippen LogP contribution in [0.1, 0.15) is 24.0 Å². The Hall–Kier alpha value is -2.48. The Labute approximate surface area is 132 Å². The third-order valence-electron chi connectivity index (χ3n) is 4.07. The van der Waals surface area contributed by atoms with E-state index in [0.29, 0.717) is 12.2 Å². The van der Waals surface area contributed by atoms with E-state index < -0.39 is 0 Å². The van der Waals surface area contributed by atoms with E-state index in [1.54, 1.807) is 18.2 Å². The zero-order valence-corrected chi connectivity index (χ0v) is 12.7. The van der Waals surface area contributed by atoms with Crippen molar-refractivity contribution in [1.82, 2.24) is 0 Å². The average Bonchev–Trinajstić information content (AvgIpc) is 2.51. The Morgan fingerprint density at radius 1 is 0.864 bits per heavy atom. The average molecular weight is 294 g/mol. The summed E-state index contributed by atoms with van der Waals surface area (Å²) in [6.07, 6.45) is 6.01. The van der Waals surface area contributed by atoms with Gasteiger partial charge in [-0.05, 0) is 48.6 Å². The first-order valence-electron chi connectivity index (χ1n) is 7.39. The number of para-hydroxylation sites is 1. The first kappa shape index (κ1) is 15.9. The molecule has 0 saturated heterocycles. The van der Waals surface area contributed by atoms with Gasteiger partial charge in [0.1, 0.15) is 11.5 Å². The maximum atomic E-state index is 10.1. The topological polar surface area (TPSA) is 40.5 Å². The molecule has 0 bridgehead atoms. The summed E-state index contributed by atoms with van der Waals surface area (Å²) < 4.78 is 0. The second-order valence-corrected chi connectivity index (χ2v) is 5.62. The zero-order valence-electron chi connectivity index (χ0n) is 12.7. The lowest BCUT2D eigenvalue weighted by molar-refractivity contribution is 0.411. The minimum absolute atomic E-state index is 0.226. The second-order valence-electron chi connectivity index (χ2n) is 5.62. The Morgan fingerprint density at radius 3 is 2.00 bits per heavy atom. The number of hydrogen-bond acceptors (Lipinski definition) is 2. The van der Waals surface area contributed by atoms with Gasteiger partial charge in [0.25, 0.3) is 0 Å². The summed E-state index contributed by atoms with van der Waals surface area (Å²) in [6.45, 7) is 7.78. The van der Waals surface area contributed by atoms with Crippen molar-refractivity contribution in [2.45, 2.75) is 24.7 Å². The molecule has 2 nitrogen and oxygen atoms in total. The van der Waals surface area contributed by atoms with Crippen molar-refractivity contribution < 1.29 is 10.2 Å². The van der Waals surface area contributed by atoms with Crippen molar-refractivity contribution in [2.24, 2.45) is 0 Å². The lowest BCUT2D eigenvalue weighted by Crippen LogP contribution is -2.28. The van der Waals surface area contributed by atoms with Gasteiger partial charge in [0, 0.05) is 5.41 Å². The Kier molecular flexibility index (Phi) is 5.05. The summed E-state index contributed by atoms with van der Waals surface area (Å²) in [6, 6.07) is 14.7. The molecule has 0 saturated carbocycles. The number of phenols is 2. The molecule has 2 aromatic carbocycles. The van der Waals surface area contributed by atoms with Crippen LogP contribution in [0.15, 0.2) is 73.8 Å². The van der Waals surface area contributed by atoms with Crippen LogP contribution in [-0.4, -0.2) is 10.2 Å². The van der Waals surface area contributed by atoms with Crippen molar-refractivity contribution in [2.75, 3.05) is 0 Å². The van der Waals surface area contributed by atoms with Crippen LogP contribution in [0.3, 0.4) is 0 Å². The van der Waals surface area contributed by atoms with Gasteiger partial charge in [-0.3, -0.25) is 0 Å². The lowest BCUT2D eigenvalue weighted by Gasteiger charge is -2.33. The molecule has 2 rings (SSSR count). The summed E-state index contributed by atoms with van der Waals surface area (Å²) in [5.41, 5.74) is 1.78. The lowest BCUT2D eigenvalue weighted by atomic mass is 9.70. The number of hydrogen-bond donors (Lipinski definition) is 2. The molecule has 2 N–H and O–H groups in total. The number of allylic oxidation sites excluding steroid dienone is 2. The van der Waals surface area contributed by atoms with Crippen molar-refractivity contribution >= 4 is 0 Å². The van der Waals surface area contributed by atoms with Crippen LogP contribution < -0.4 is 0 Å². The van der Waals surface area contributed by atoms with E-state index in [1.807, 2.05) is 42.5 Å². The van der Waals surface area contributed by atoms with Gasteiger partial charge in [-0.25, -0.2) is 0 Å². The van der Waals surface area contributed by atoms with Gasteiger partial charge in [0.05, 0.1) is 0 Å². The van der Waals surface area contributed by atoms with Crippen molar-refractivity contribution in [3.8, 4) is 11.5 Å². The van der Waals surface area contributed by atoms with E-state index in [9.17, 15) is 10.2 Å². The van der Waals surface area contributed by atoms with Crippen molar-refractivity contribution in [3.63, 3.8) is 0 Å². The number of aromatic hydroxyl groups is 2. The molecule has 0 aliphatic heterocycles. The van der Waals surface area contributed by atoms with E-state index >= 15 is 0 Å². The summed E-state index contributed by atoms with van der Waals surface area (Å²) >= 11 is 0. The van der Waals surface area contributed by atoms with Gasteiger partial charge in [0.15, 0.2) is 0 Å². The number of phenolic OH excluding ortho intramolecular Hbond substituents is 2. The quantitative estimate of drug-likeness (QED) is 0.725. The van der Waals surface area contributed by atoms with Gasteiger partial charge in [-0.1, -0.05) is 42.5 Å². The Bertz CT molecular complexity index is 631. The highest BCUT2D eigenvalue weighted by molar-refractivity contribution is 5.39. The normalized spacial score (nSPS) is 11.1. The van der Waals surface area contributed by atoms with Crippen LogP contribution in [0.4, 0.5) is 0 Å². The standard InChI is InChI=1S/C20H22O2/c1-3-13-20(14-4-2,17-9-11-18(21)12-10-17)15-16-7-5-6-8-19(16)22/h3-12,21-22H,1-2,13-15H2. The van der Waals surface area contributed by atoms with Gasteiger partial charge in [-0.2, -0.15) is 0 Å². The molecule has 22 heavy (non-hydrogen) atoms. The van der Waals surface area contributed by atoms with Crippen molar-refractivity contribution in [1.29, 1.82) is 0 Å². The van der Waals surface area contributed by atoms with Gasteiger partial charge >= 0.3 is 0 Å². The molecule has 0 heterocycles. The van der Waals surface area contributed by atoms with Crippen molar-refractivity contribution in [3.05, 3.63) is 85.0 Å². The largest absolute Gasteiger partial charge is 0.508 e. The predicted molar refractivity (Wildman–Crippen MR) is 91.2 cm³/mol. The minimum atomic E-state index is -0.226. The molecule has 114 valence electrons. The number of benzene rings is 2. The fraction of sp³-hybridized carbons (Fsp3) is 0.200. The molecule has 0 atom stereocenters. The summed E-state index contributed by atoms with van der Waals surface area (Å²) in [4.78, 5) is 0. The summed E-state index contributed by atoms with van der Waals surface area (Å²) in [7, 11) is 0. The molecule has 0 aliphatic carbocycles. The van der Waals surface area contributed by atoms with E-state index in [1.165, 1.54) is 0 Å². The monoisotopic (exact) mass is 294 g/mol. The second kappa shape index (κ2) is 6.99. The molecular weight excluding hydrogens is 272 g/mol. The van der Waals surface area contributed by atoms with Crippen LogP contribution >= 0.6 is 0 Å². The Morgan fingerprint density at radius 2 is 1.45 bits per heavy atom. The highest BCUT2D eigenvalue weighted by Crippen LogP contribution is 2.38. The van der Waals surface area contributed by atoms with E-state index in [4.69, 9.17) is 0 Å². The van der Waals surface area contributed by atoms with Gasteiger partial charge < -0.3 is 10.2 Å². The molecule has 0 aliphatic rings. The predicted octanol–water partition coefficient (Wildman–Crippen LogP) is 4.73. The zero-order chi connectivity index (χ0) is 16.0. The van der Waals surface area contributed by atoms with Crippen LogP contribution in [0.5, 0.6) is 11.5 Å². The molecule has 0 aromatic heterocycles. The minimum Gasteiger partial charge on any atom is -0.508 e. The Balaban J connectivity index is 2.48. The van der Waals surface area contributed by atoms with Crippen LogP contribution in [0.2, 0.25) is 0 Å². The van der Waals surface area contributed by atoms with E-state index in [0.717, 1.165) is 24.0 Å². The van der Waals surface area contributed by atoms with Gasteiger partial charge in [0.2, 0.25) is 0 Å². The van der Waals surface area contributed by atoms with Crippen LogP contribution in [0.25, 0.3) is 0 Å². The molecule has 2 heteroatoms. The third kappa shape index (κ3) is 3.40. The highest BCUT2D eigenvalue weighted by Gasteiger charge is 2.31. The SMILES string of the molecule is C=CCC(CC=C)(Cc1ccccc1O)c1ccc(O)cc1. The molecule has 0 unspecified atom stereocenters. The molecule has 0 fully saturated rings. The first-order chi connectivity index (χ1) is 10.6. The molecule has 0 radical (unpaired) electrons. The van der Waals surface area contributed by atoms with Crippen LogP contribution in [0, 0.1) is 0 Å². The maximum absolute atomic E-state index is 10.1. The molecule has 0 amide bonds. The first-order valence-corrected chi connectivity index (χ1v) is 7.39. The third-order valence-corrected chi connectivity index (χ3v) is 4.07. The summed E-state index contributed by atoms with van der Waals surface area (Å²) in [5, 5.41) is 19.6.